The number of fused-ring (bicyclic) bond motifs is 1. The average molecular weight is 404 g/mol. The highest BCUT2D eigenvalue weighted by Crippen LogP contribution is 2.38. The van der Waals surface area contributed by atoms with Crippen molar-refractivity contribution in [3.05, 3.63) is 12.3 Å². The van der Waals surface area contributed by atoms with Crippen molar-refractivity contribution >= 4 is 29.5 Å². The SMILES string of the molecule is CC(C)n1nccc1NC(=O)[C@@H](C)OC(=O)[C@H](C)N1C(=O)[C@H]2CCCC[C@H]2C1=O. The van der Waals surface area contributed by atoms with Crippen LogP contribution < -0.4 is 5.32 Å². The van der Waals surface area contributed by atoms with E-state index in [0.717, 1.165) is 17.7 Å². The predicted octanol–water partition coefficient (Wildman–Crippen LogP) is 1.90. The summed E-state index contributed by atoms with van der Waals surface area (Å²) in [5.74, 6) is -2.06. The Hall–Kier alpha value is -2.71. The minimum atomic E-state index is -1.09. The van der Waals surface area contributed by atoms with Gasteiger partial charge in [-0.2, -0.15) is 5.10 Å². The van der Waals surface area contributed by atoms with Gasteiger partial charge in [-0.1, -0.05) is 12.8 Å². The number of carbonyl (C=O) groups excluding carboxylic acids is 4. The molecular weight excluding hydrogens is 376 g/mol. The van der Waals surface area contributed by atoms with Crippen LogP contribution in [0.2, 0.25) is 0 Å². The van der Waals surface area contributed by atoms with Crippen molar-refractivity contribution in [2.24, 2.45) is 11.8 Å². The van der Waals surface area contributed by atoms with Crippen LogP contribution in [-0.2, 0) is 23.9 Å². The Labute approximate surface area is 169 Å². The molecule has 4 atom stereocenters. The number of imide groups is 1. The molecule has 2 fully saturated rings. The van der Waals surface area contributed by atoms with E-state index in [1.165, 1.54) is 13.8 Å². The molecule has 3 rings (SSSR count). The Balaban J connectivity index is 1.61. The Bertz CT molecular complexity index is 794. The lowest BCUT2D eigenvalue weighted by Crippen LogP contribution is -2.46. The molecule has 2 heterocycles. The van der Waals surface area contributed by atoms with Crippen molar-refractivity contribution < 1.29 is 23.9 Å². The Morgan fingerprint density at radius 1 is 1.10 bits per heavy atom. The van der Waals surface area contributed by atoms with Gasteiger partial charge in [0.25, 0.3) is 5.91 Å². The summed E-state index contributed by atoms with van der Waals surface area (Å²) in [5.41, 5.74) is 0. The average Bonchev–Trinajstić information content (AvgIpc) is 3.24. The highest BCUT2D eigenvalue weighted by Gasteiger charge is 2.51. The largest absolute Gasteiger partial charge is 0.451 e. The maximum absolute atomic E-state index is 12.6. The molecule has 158 valence electrons. The number of hydrogen-bond acceptors (Lipinski definition) is 6. The predicted molar refractivity (Wildman–Crippen MR) is 104 cm³/mol. The molecule has 1 aromatic rings. The minimum absolute atomic E-state index is 0.0499. The van der Waals surface area contributed by atoms with Gasteiger partial charge in [0.05, 0.1) is 18.0 Å². The summed E-state index contributed by atoms with van der Waals surface area (Å²) in [6.45, 7) is 6.77. The van der Waals surface area contributed by atoms with Crippen LogP contribution in [0.5, 0.6) is 0 Å². The Kier molecular flexibility index (Phi) is 6.04. The maximum Gasteiger partial charge on any atom is 0.329 e. The lowest BCUT2D eigenvalue weighted by Gasteiger charge is -2.23. The summed E-state index contributed by atoms with van der Waals surface area (Å²) in [6.07, 6.45) is 3.66. The fourth-order valence-electron chi connectivity index (χ4n) is 4.05. The highest BCUT2D eigenvalue weighted by molar-refractivity contribution is 6.08. The summed E-state index contributed by atoms with van der Waals surface area (Å²) in [4.78, 5) is 51.3. The third kappa shape index (κ3) is 4.04. The van der Waals surface area contributed by atoms with Gasteiger partial charge < -0.3 is 10.1 Å². The van der Waals surface area contributed by atoms with Gasteiger partial charge in [-0.3, -0.25) is 19.3 Å². The van der Waals surface area contributed by atoms with Crippen molar-refractivity contribution in [2.75, 3.05) is 5.32 Å². The standard InChI is InChI=1S/C20H28N4O5/c1-11(2)24-16(9-10-21-24)22-17(25)13(4)29-20(28)12(3)23-18(26)14-7-5-6-8-15(14)19(23)27/h9-15H,5-8H2,1-4H3,(H,22,25)/t12-,13+,14-,15+/m0/s1. The summed E-state index contributed by atoms with van der Waals surface area (Å²) in [5, 5.41) is 6.81. The molecule has 0 aromatic carbocycles. The van der Waals surface area contributed by atoms with Gasteiger partial charge in [0.2, 0.25) is 11.8 Å². The van der Waals surface area contributed by atoms with Crippen molar-refractivity contribution in [2.45, 2.75) is 71.6 Å². The smallest absolute Gasteiger partial charge is 0.329 e. The first-order valence-electron chi connectivity index (χ1n) is 10.1. The van der Waals surface area contributed by atoms with Crippen LogP contribution in [0.15, 0.2) is 12.3 Å². The number of anilines is 1. The molecular formula is C20H28N4O5. The summed E-state index contributed by atoms with van der Waals surface area (Å²) in [6, 6.07) is 0.643. The number of aromatic nitrogens is 2. The molecule has 1 N–H and O–H groups in total. The number of nitrogens with one attached hydrogen (secondary N) is 1. The van der Waals surface area contributed by atoms with Crippen molar-refractivity contribution in [1.82, 2.24) is 14.7 Å². The third-order valence-corrected chi connectivity index (χ3v) is 5.68. The zero-order valence-electron chi connectivity index (χ0n) is 17.3. The number of ether oxygens (including phenoxy) is 1. The summed E-state index contributed by atoms with van der Waals surface area (Å²) in [7, 11) is 0. The molecule has 0 unspecified atom stereocenters. The molecule has 1 aromatic heterocycles. The second-order valence-corrected chi connectivity index (χ2v) is 8.04. The number of esters is 1. The van der Waals surface area contributed by atoms with Crippen molar-refractivity contribution in [3.63, 3.8) is 0 Å². The van der Waals surface area contributed by atoms with E-state index in [1.807, 2.05) is 13.8 Å². The number of rotatable bonds is 6. The molecule has 9 heteroatoms. The first-order valence-corrected chi connectivity index (χ1v) is 10.1. The first kappa shape index (κ1) is 21.0. The minimum Gasteiger partial charge on any atom is -0.451 e. The topological polar surface area (TPSA) is 111 Å². The van der Waals surface area contributed by atoms with Gasteiger partial charge in [-0.25, -0.2) is 9.48 Å². The molecule has 0 bridgehead atoms. The van der Waals surface area contributed by atoms with E-state index in [4.69, 9.17) is 4.74 Å². The van der Waals surface area contributed by atoms with E-state index in [0.29, 0.717) is 18.7 Å². The van der Waals surface area contributed by atoms with E-state index in [1.54, 1.807) is 16.9 Å². The Morgan fingerprint density at radius 2 is 1.69 bits per heavy atom. The van der Waals surface area contributed by atoms with E-state index >= 15 is 0 Å². The van der Waals surface area contributed by atoms with Gasteiger partial charge >= 0.3 is 5.97 Å². The molecule has 2 aliphatic rings. The van der Waals surface area contributed by atoms with Crippen molar-refractivity contribution in [3.8, 4) is 0 Å². The van der Waals surface area contributed by atoms with Crippen LogP contribution in [0.4, 0.5) is 5.82 Å². The molecule has 0 radical (unpaired) electrons. The second-order valence-electron chi connectivity index (χ2n) is 8.04. The molecule has 1 aliphatic heterocycles. The monoisotopic (exact) mass is 404 g/mol. The van der Waals surface area contributed by atoms with Crippen LogP contribution in [0.25, 0.3) is 0 Å². The summed E-state index contributed by atoms with van der Waals surface area (Å²) >= 11 is 0. The number of nitrogens with zero attached hydrogens (tertiary/aromatic N) is 3. The fourth-order valence-corrected chi connectivity index (χ4v) is 4.05. The van der Waals surface area contributed by atoms with Crippen LogP contribution in [0.1, 0.15) is 59.4 Å². The normalized spacial score (nSPS) is 23.7. The van der Waals surface area contributed by atoms with Gasteiger partial charge in [0, 0.05) is 12.1 Å². The third-order valence-electron chi connectivity index (χ3n) is 5.68. The van der Waals surface area contributed by atoms with Crippen LogP contribution >= 0.6 is 0 Å². The molecule has 3 amide bonds. The molecule has 29 heavy (non-hydrogen) atoms. The van der Waals surface area contributed by atoms with Crippen molar-refractivity contribution in [1.29, 1.82) is 0 Å². The zero-order chi connectivity index (χ0) is 21.3. The van der Waals surface area contributed by atoms with Gasteiger partial charge in [-0.15, -0.1) is 0 Å². The molecule has 1 saturated carbocycles. The van der Waals surface area contributed by atoms with E-state index in [9.17, 15) is 19.2 Å². The highest BCUT2D eigenvalue weighted by atomic mass is 16.5. The molecule has 1 aliphatic carbocycles. The first-order chi connectivity index (χ1) is 13.7. The van der Waals surface area contributed by atoms with Crippen LogP contribution in [0.3, 0.4) is 0 Å². The van der Waals surface area contributed by atoms with E-state index in [-0.39, 0.29) is 29.7 Å². The molecule has 9 nitrogen and oxygen atoms in total. The van der Waals surface area contributed by atoms with Crippen LogP contribution in [-0.4, -0.2) is 50.5 Å². The fraction of sp³-hybridized carbons (Fsp3) is 0.650. The zero-order valence-corrected chi connectivity index (χ0v) is 17.3. The van der Waals surface area contributed by atoms with Gasteiger partial charge in [0.1, 0.15) is 11.9 Å². The summed E-state index contributed by atoms with van der Waals surface area (Å²) < 4.78 is 6.90. The van der Waals surface area contributed by atoms with E-state index < -0.39 is 24.0 Å². The van der Waals surface area contributed by atoms with E-state index in [2.05, 4.69) is 10.4 Å². The maximum atomic E-state index is 12.6. The number of likely N-dealkylation sites (tertiary alicyclic amines) is 1. The number of amides is 3. The molecule has 0 spiro atoms. The van der Waals surface area contributed by atoms with Gasteiger partial charge in [-0.05, 0) is 40.5 Å². The quantitative estimate of drug-likeness (QED) is 0.573. The number of hydrogen-bond donors (Lipinski definition) is 1. The second kappa shape index (κ2) is 8.34. The lowest BCUT2D eigenvalue weighted by atomic mass is 9.81. The number of carbonyl (C=O) groups is 4. The van der Waals surface area contributed by atoms with Crippen LogP contribution in [0, 0.1) is 11.8 Å². The van der Waals surface area contributed by atoms with Gasteiger partial charge in [0.15, 0.2) is 6.10 Å². The lowest BCUT2D eigenvalue weighted by molar-refractivity contribution is -0.163. The Morgan fingerprint density at radius 3 is 2.24 bits per heavy atom. The molecule has 1 saturated heterocycles.